The molecule has 1 amide bonds. The van der Waals surface area contributed by atoms with Crippen molar-refractivity contribution in [1.29, 1.82) is 0 Å². The van der Waals surface area contributed by atoms with Crippen molar-refractivity contribution >= 4 is 17.3 Å². The highest BCUT2D eigenvalue weighted by Gasteiger charge is 2.27. The van der Waals surface area contributed by atoms with Crippen LogP contribution in [0.25, 0.3) is 0 Å². The van der Waals surface area contributed by atoms with Gasteiger partial charge in [-0.2, -0.15) is 0 Å². The predicted molar refractivity (Wildman–Crippen MR) is 135 cm³/mol. The number of anilines is 2. The lowest BCUT2D eigenvalue weighted by Gasteiger charge is -2.31. The number of ether oxygens (including phenoxy) is 1. The molecule has 1 aliphatic rings. The van der Waals surface area contributed by atoms with E-state index in [4.69, 9.17) is 4.74 Å². The van der Waals surface area contributed by atoms with E-state index in [9.17, 15) is 4.79 Å². The topological polar surface area (TPSA) is 44.8 Å². The molecule has 0 fully saturated rings. The summed E-state index contributed by atoms with van der Waals surface area (Å²) in [6.07, 6.45) is 2.22. The van der Waals surface area contributed by atoms with Gasteiger partial charge < -0.3 is 19.9 Å². The molecule has 3 aromatic carbocycles. The van der Waals surface area contributed by atoms with Crippen LogP contribution in [-0.4, -0.2) is 40.2 Å². The first-order valence-electron chi connectivity index (χ1n) is 11.6. The zero-order chi connectivity index (χ0) is 23.2. The zero-order valence-electron chi connectivity index (χ0n) is 19.8. The van der Waals surface area contributed by atoms with E-state index in [1.54, 1.807) is 7.11 Å². The summed E-state index contributed by atoms with van der Waals surface area (Å²) in [6, 6.07) is 25.3. The monoisotopic (exact) mass is 443 g/mol. The van der Waals surface area contributed by atoms with E-state index >= 15 is 0 Å². The van der Waals surface area contributed by atoms with Gasteiger partial charge in [0.05, 0.1) is 13.2 Å². The maximum atomic E-state index is 12.7. The lowest BCUT2D eigenvalue weighted by atomic mass is 10.0. The molecule has 33 heavy (non-hydrogen) atoms. The third-order valence-corrected chi connectivity index (χ3v) is 6.39. The van der Waals surface area contributed by atoms with Gasteiger partial charge in [0.2, 0.25) is 5.91 Å². The Morgan fingerprint density at radius 3 is 2.45 bits per heavy atom. The van der Waals surface area contributed by atoms with Gasteiger partial charge in [-0.3, -0.25) is 4.79 Å². The molecule has 0 saturated carbocycles. The van der Waals surface area contributed by atoms with Gasteiger partial charge in [-0.25, -0.2) is 0 Å². The Kier molecular flexibility index (Phi) is 7.18. The molecule has 1 atom stereocenters. The molecular formula is C28H33N3O2. The van der Waals surface area contributed by atoms with E-state index < -0.39 is 0 Å². The van der Waals surface area contributed by atoms with Crippen LogP contribution in [0.1, 0.15) is 29.2 Å². The van der Waals surface area contributed by atoms with Gasteiger partial charge in [-0.1, -0.05) is 42.5 Å². The van der Waals surface area contributed by atoms with Crippen LogP contribution in [0.4, 0.5) is 11.4 Å². The van der Waals surface area contributed by atoms with Crippen LogP contribution in [0.2, 0.25) is 0 Å². The normalized spacial score (nSPS) is 13.4. The van der Waals surface area contributed by atoms with Gasteiger partial charge in [0.15, 0.2) is 0 Å². The summed E-state index contributed by atoms with van der Waals surface area (Å²) in [5.74, 6) is 0.908. The van der Waals surface area contributed by atoms with Crippen molar-refractivity contribution in [3.63, 3.8) is 0 Å². The van der Waals surface area contributed by atoms with Crippen molar-refractivity contribution in [1.82, 2.24) is 5.32 Å². The number of hydrogen-bond acceptors (Lipinski definition) is 4. The van der Waals surface area contributed by atoms with Gasteiger partial charge in [-0.05, 0) is 59.9 Å². The summed E-state index contributed by atoms with van der Waals surface area (Å²) in [5, 5.41) is 3.20. The fraction of sp³-hybridized carbons (Fsp3) is 0.321. The Morgan fingerprint density at radius 2 is 1.76 bits per heavy atom. The quantitative estimate of drug-likeness (QED) is 0.524. The molecule has 4 rings (SSSR count). The number of aryl methyl sites for hydroxylation is 1. The standard InChI is InChI=1S/C28H33N3O2/c1-30(2)24-13-11-23(12-14-24)27(31-19-18-22-6-4-5-7-26(22)31)20-29-28(32)17-10-21-8-15-25(33-3)16-9-21/h4-9,11-16,27H,10,17-20H2,1-3H3,(H,29,32). The molecule has 0 aromatic heterocycles. The number of benzene rings is 3. The Balaban J connectivity index is 1.45. The highest BCUT2D eigenvalue weighted by atomic mass is 16.5. The maximum Gasteiger partial charge on any atom is 0.220 e. The van der Waals surface area contributed by atoms with Crippen molar-refractivity contribution in [3.05, 3.63) is 89.5 Å². The minimum Gasteiger partial charge on any atom is -0.497 e. The Hall–Kier alpha value is -3.47. The summed E-state index contributed by atoms with van der Waals surface area (Å²) in [5.41, 5.74) is 6.16. The summed E-state index contributed by atoms with van der Waals surface area (Å²) < 4.78 is 5.21. The second-order valence-corrected chi connectivity index (χ2v) is 8.73. The van der Waals surface area contributed by atoms with E-state index in [2.05, 4.69) is 63.6 Å². The van der Waals surface area contributed by atoms with Crippen molar-refractivity contribution in [2.24, 2.45) is 0 Å². The summed E-state index contributed by atoms with van der Waals surface area (Å²) >= 11 is 0. The van der Waals surface area contributed by atoms with E-state index in [-0.39, 0.29) is 11.9 Å². The minimum atomic E-state index is 0.0770. The molecule has 1 N–H and O–H groups in total. The van der Waals surface area contributed by atoms with Gasteiger partial charge in [0.1, 0.15) is 5.75 Å². The number of carbonyl (C=O) groups is 1. The average Bonchev–Trinajstić information content (AvgIpc) is 3.27. The second-order valence-electron chi connectivity index (χ2n) is 8.73. The lowest BCUT2D eigenvalue weighted by Crippen LogP contribution is -2.37. The molecule has 5 heteroatoms. The molecule has 0 spiro atoms. The molecule has 0 bridgehead atoms. The van der Waals surface area contributed by atoms with Crippen LogP contribution < -0.4 is 19.9 Å². The second kappa shape index (κ2) is 10.4. The van der Waals surface area contributed by atoms with Crippen LogP contribution in [0.3, 0.4) is 0 Å². The maximum absolute atomic E-state index is 12.7. The van der Waals surface area contributed by atoms with Crippen LogP contribution in [-0.2, 0) is 17.6 Å². The fourth-order valence-electron chi connectivity index (χ4n) is 4.44. The van der Waals surface area contributed by atoms with Crippen LogP contribution >= 0.6 is 0 Å². The average molecular weight is 444 g/mol. The van der Waals surface area contributed by atoms with E-state index in [1.807, 2.05) is 38.4 Å². The molecule has 1 unspecified atom stereocenters. The predicted octanol–water partition coefficient (Wildman–Crippen LogP) is 4.61. The van der Waals surface area contributed by atoms with Crippen molar-refractivity contribution < 1.29 is 9.53 Å². The van der Waals surface area contributed by atoms with Gasteiger partial charge in [0.25, 0.3) is 0 Å². The number of hydrogen-bond donors (Lipinski definition) is 1. The Labute approximate surface area is 197 Å². The smallest absolute Gasteiger partial charge is 0.220 e. The molecule has 172 valence electrons. The van der Waals surface area contributed by atoms with Crippen LogP contribution in [0.15, 0.2) is 72.8 Å². The van der Waals surface area contributed by atoms with E-state index in [0.29, 0.717) is 19.4 Å². The van der Waals surface area contributed by atoms with Crippen LogP contribution in [0, 0.1) is 0 Å². The number of nitrogens with one attached hydrogen (secondary N) is 1. The lowest BCUT2D eigenvalue weighted by molar-refractivity contribution is -0.121. The minimum absolute atomic E-state index is 0.0770. The largest absolute Gasteiger partial charge is 0.497 e. The highest BCUT2D eigenvalue weighted by Crippen LogP contribution is 2.35. The first-order chi connectivity index (χ1) is 16.0. The summed E-state index contributed by atoms with van der Waals surface area (Å²) in [6.45, 7) is 1.54. The van der Waals surface area contributed by atoms with E-state index in [1.165, 1.54) is 22.5 Å². The number of carbonyl (C=O) groups excluding carboxylic acids is 1. The number of nitrogens with zero attached hydrogens (tertiary/aromatic N) is 2. The first-order valence-corrected chi connectivity index (χ1v) is 11.6. The number of amides is 1. The van der Waals surface area contributed by atoms with E-state index in [0.717, 1.165) is 24.3 Å². The van der Waals surface area contributed by atoms with Crippen molar-refractivity contribution in [2.75, 3.05) is 44.1 Å². The fourth-order valence-corrected chi connectivity index (χ4v) is 4.44. The van der Waals surface area contributed by atoms with Crippen molar-refractivity contribution in [3.8, 4) is 5.75 Å². The highest BCUT2D eigenvalue weighted by molar-refractivity contribution is 5.76. The molecule has 5 nitrogen and oxygen atoms in total. The molecule has 0 radical (unpaired) electrons. The summed E-state index contributed by atoms with van der Waals surface area (Å²) in [4.78, 5) is 17.3. The molecule has 1 heterocycles. The molecule has 3 aromatic rings. The Morgan fingerprint density at radius 1 is 1.03 bits per heavy atom. The third-order valence-electron chi connectivity index (χ3n) is 6.39. The third kappa shape index (κ3) is 5.48. The Bertz CT molecular complexity index is 1060. The summed E-state index contributed by atoms with van der Waals surface area (Å²) in [7, 11) is 5.75. The molecule has 0 saturated heterocycles. The molecular weight excluding hydrogens is 410 g/mol. The SMILES string of the molecule is COc1ccc(CCC(=O)NCC(c2ccc(N(C)C)cc2)N2CCc3ccccc32)cc1. The van der Waals surface area contributed by atoms with Crippen LogP contribution in [0.5, 0.6) is 5.75 Å². The molecule has 1 aliphatic heterocycles. The van der Waals surface area contributed by atoms with Gasteiger partial charge in [0, 0.05) is 45.0 Å². The van der Waals surface area contributed by atoms with Gasteiger partial charge in [-0.15, -0.1) is 0 Å². The first kappa shape index (κ1) is 22.7. The molecule has 0 aliphatic carbocycles. The van der Waals surface area contributed by atoms with Gasteiger partial charge >= 0.3 is 0 Å². The number of methoxy groups -OCH3 is 1. The number of fused-ring (bicyclic) bond motifs is 1. The van der Waals surface area contributed by atoms with Crippen molar-refractivity contribution in [2.45, 2.75) is 25.3 Å². The zero-order valence-corrected chi connectivity index (χ0v) is 19.8. The number of para-hydroxylation sites is 1. The number of rotatable bonds is 9.